The van der Waals surface area contributed by atoms with Crippen LogP contribution in [0.15, 0.2) is 41.0 Å². The number of hydrogen-bond donors (Lipinski definition) is 1. The van der Waals surface area contributed by atoms with Gasteiger partial charge in [0.15, 0.2) is 0 Å². The van der Waals surface area contributed by atoms with E-state index in [4.69, 9.17) is 4.42 Å². The van der Waals surface area contributed by atoms with E-state index in [2.05, 4.69) is 5.32 Å². The molecular formula is C15H14N2O4. The molecule has 1 N–H and O–H groups in total. The predicted molar refractivity (Wildman–Crippen MR) is 76.0 cm³/mol. The highest BCUT2D eigenvalue weighted by Gasteiger charge is 2.45. The minimum Gasteiger partial charge on any atom is -0.469 e. The number of benzene rings is 1. The molecule has 2 aromatic rings. The average Bonchev–Trinajstić information content (AvgIpc) is 3.07. The van der Waals surface area contributed by atoms with Crippen LogP contribution in [0.25, 0.3) is 0 Å². The number of rotatable bonds is 4. The summed E-state index contributed by atoms with van der Waals surface area (Å²) in [6.07, 6.45) is 2.33. The van der Waals surface area contributed by atoms with Crippen molar-refractivity contribution in [1.82, 2.24) is 0 Å². The van der Waals surface area contributed by atoms with E-state index in [1.165, 1.54) is 6.07 Å². The largest absolute Gasteiger partial charge is 0.469 e. The fourth-order valence-corrected chi connectivity index (χ4v) is 2.42. The molecule has 108 valence electrons. The minimum atomic E-state index is -0.451. The zero-order valence-electron chi connectivity index (χ0n) is 11.4. The van der Waals surface area contributed by atoms with Gasteiger partial charge in [0.25, 0.3) is 5.69 Å². The molecule has 1 aliphatic carbocycles. The van der Waals surface area contributed by atoms with Crippen LogP contribution < -0.4 is 5.32 Å². The second kappa shape index (κ2) is 5.05. The predicted octanol–water partition coefficient (Wildman–Crippen LogP) is 3.24. The average molecular weight is 286 g/mol. The number of aryl methyl sites for hydroxylation is 1. The van der Waals surface area contributed by atoms with Crippen molar-refractivity contribution in [3.05, 3.63) is 58.0 Å². The van der Waals surface area contributed by atoms with Crippen LogP contribution in [0.2, 0.25) is 0 Å². The molecular weight excluding hydrogens is 272 g/mol. The van der Waals surface area contributed by atoms with Gasteiger partial charge in [0.05, 0.1) is 11.2 Å². The van der Waals surface area contributed by atoms with E-state index in [1.807, 2.05) is 6.07 Å². The van der Waals surface area contributed by atoms with Crippen LogP contribution in [-0.4, -0.2) is 10.8 Å². The Labute approximate surface area is 120 Å². The highest BCUT2D eigenvalue weighted by Crippen LogP contribution is 2.48. The Hall–Kier alpha value is -2.63. The summed E-state index contributed by atoms with van der Waals surface area (Å²) >= 11 is 0. The lowest BCUT2D eigenvalue weighted by molar-refractivity contribution is -0.385. The smallest absolute Gasteiger partial charge is 0.274 e. The maximum atomic E-state index is 12.1. The number of carbonyl (C=O) groups is 1. The van der Waals surface area contributed by atoms with Crippen LogP contribution in [0, 0.1) is 23.0 Å². The number of furan rings is 1. The van der Waals surface area contributed by atoms with Crippen molar-refractivity contribution in [2.75, 3.05) is 5.32 Å². The summed E-state index contributed by atoms with van der Waals surface area (Å²) in [4.78, 5) is 22.6. The van der Waals surface area contributed by atoms with E-state index in [-0.39, 0.29) is 23.4 Å². The van der Waals surface area contributed by atoms with Crippen molar-refractivity contribution >= 4 is 17.3 Å². The number of nitro benzene ring substituents is 1. The third-order valence-electron chi connectivity index (χ3n) is 3.71. The van der Waals surface area contributed by atoms with Gasteiger partial charge in [0.2, 0.25) is 5.91 Å². The summed E-state index contributed by atoms with van der Waals surface area (Å²) in [5.41, 5.74) is 1.02. The lowest BCUT2D eigenvalue weighted by Gasteiger charge is -2.05. The summed E-state index contributed by atoms with van der Waals surface area (Å²) in [6, 6.07) is 8.34. The normalized spacial score (nSPS) is 20.0. The van der Waals surface area contributed by atoms with Gasteiger partial charge in [-0.25, -0.2) is 0 Å². The van der Waals surface area contributed by atoms with E-state index in [9.17, 15) is 14.9 Å². The first-order valence-corrected chi connectivity index (χ1v) is 6.65. The number of hydrogen-bond acceptors (Lipinski definition) is 4. The summed E-state index contributed by atoms with van der Waals surface area (Å²) in [6.45, 7) is 1.66. The molecule has 1 aliphatic rings. The Kier molecular flexibility index (Phi) is 3.21. The highest BCUT2D eigenvalue weighted by atomic mass is 16.6. The van der Waals surface area contributed by atoms with Gasteiger partial charge in [-0.2, -0.15) is 0 Å². The van der Waals surface area contributed by atoms with E-state index in [0.29, 0.717) is 11.3 Å². The molecule has 0 aliphatic heterocycles. The van der Waals surface area contributed by atoms with Crippen LogP contribution in [0.1, 0.15) is 23.7 Å². The Morgan fingerprint density at radius 3 is 2.90 bits per heavy atom. The molecule has 0 radical (unpaired) electrons. The lowest BCUT2D eigenvalue weighted by atomic mass is 10.1. The molecule has 1 aromatic carbocycles. The van der Waals surface area contributed by atoms with Gasteiger partial charge in [-0.15, -0.1) is 0 Å². The molecule has 1 amide bonds. The first-order valence-electron chi connectivity index (χ1n) is 6.65. The van der Waals surface area contributed by atoms with Crippen molar-refractivity contribution in [3.8, 4) is 0 Å². The molecule has 3 rings (SSSR count). The van der Waals surface area contributed by atoms with Crippen molar-refractivity contribution in [1.29, 1.82) is 0 Å². The van der Waals surface area contributed by atoms with E-state index < -0.39 is 4.92 Å². The van der Waals surface area contributed by atoms with Crippen LogP contribution in [-0.2, 0) is 4.79 Å². The van der Waals surface area contributed by atoms with Gasteiger partial charge >= 0.3 is 0 Å². The summed E-state index contributed by atoms with van der Waals surface area (Å²) in [5.74, 6) is 0.663. The second-order valence-corrected chi connectivity index (χ2v) is 5.21. The molecule has 2 atom stereocenters. The fourth-order valence-electron chi connectivity index (χ4n) is 2.42. The first-order chi connectivity index (χ1) is 10.1. The number of nitrogens with zero attached hydrogens (tertiary/aromatic N) is 1. The first kappa shape index (κ1) is 13.4. The van der Waals surface area contributed by atoms with Gasteiger partial charge < -0.3 is 9.73 Å². The molecule has 1 heterocycles. The number of nitrogens with one attached hydrogen (secondary N) is 1. The quantitative estimate of drug-likeness (QED) is 0.690. The summed E-state index contributed by atoms with van der Waals surface area (Å²) in [7, 11) is 0. The van der Waals surface area contributed by atoms with E-state index in [1.54, 1.807) is 31.4 Å². The monoisotopic (exact) mass is 286 g/mol. The molecule has 1 fully saturated rings. The third-order valence-corrected chi connectivity index (χ3v) is 3.71. The zero-order valence-corrected chi connectivity index (χ0v) is 11.4. The molecule has 0 spiro atoms. The van der Waals surface area contributed by atoms with E-state index >= 15 is 0 Å². The third kappa shape index (κ3) is 2.65. The standard InChI is InChI=1S/C15H14N2O4/c1-9-4-5-10(7-13(9)17(19)20)16-15(18)12-8-11(12)14-3-2-6-21-14/h2-7,11-12H,8H2,1H3,(H,16,18). The number of carbonyl (C=O) groups excluding carboxylic acids is 1. The minimum absolute atomic E-state index is 0.00572. The lowest BCUT2D eigenvalue weighted by Crippen LogP contribution is -2.14. The van der Waals surface area contributed by atoms with Crippen LogP contribution in [0.5, 0.6) is 0 Å². The van der Waals surface area contributed by atoms with Crippen LogP contribution >= 0.6 is 0 Å². The fraction of sp³-hybridized carbons (Fsp3) is 0.267. The Balaban J connectivity index is 1.69. The molecule has 21 heavy (non-hydrogen) atoms. The maximum Gasteiger partial charge on any atom is 0.274 e. The van der Waals surface area contributed by atoms with Gasteiger partial charge in [-0.05, 0) is 31.5 Å². The number of anilines is 1. The molecule has 2 unspecified atom stereocenters. The Bertz CT molecular complexity index is 694. The second-order valence-electron chi connectivity index (χ2n) is 5.21. The van der Waals surface area contributed by atoms with Crippen molar-refractivity contribution in [2.45, 2.75) is 19.3 Å². The zero-order chi connectivity index (χ0) is 15.0. The highest BCUT2D eigenvalue weighted by molar-refractivity contribution is 5.95. The van der Waals surface area contributed by atoms with Crippen molar-refractivity contribution in [3.63, 3.8) is 0 Å². The van der Waals surface area contributed by atoms with Crippen LogP contribution in [0.3, 0.4) is 0 Å². The topological polar surface area (TPSA) is 85.4 Å². The Morgan fingerprint density at radius 1 is 1.43 bits per heavy atom. The molecule has 0 bridgehead atoms. The Morgan fingerprint density at radius 2 is 2.24 bits per heavy atom. The maximum absolute atomic E-state index is 12.1. The molecule has 1 aromatic heterocycles. The van der Waals surface area contributed by atoms with E-state index in [0.717, 1.165) is 12.2 Å². The summed E-state index contributed by atoms with van der Waals surface area (Å²) < 4.78 is 5.29. The molecule has 0 saturated heterocycles. The summed E-state index contributed by atoms with van der Waals surface area (Å²) in [5, 5.41) is 13.6. The number of nitro groups is 1. The SMILES string of the molecule is Cc1ccc(NC(=O)C2CC2c2ccco2)cc1[N+](=O)[O-]. The van der Waals surface area contributed by atoms with Gasteiger partial charge in [0.1, 0.15) is 5.76 Å². The molecule has 6 heteroatoms. The van der Waals surface area contributed by atoms with Crippen molar-refractivity contribution in [2.24, 2.45) is 5.92 Å². The molecule has 1 saturated carbocycles. The number of amides is 1. The van der Waals surface area contributed by atoms with Crippen molar-refractivity contribution < 1.29 is 14.1 Å². The van der Waals surface area contributed by atoms with Gasteiger partial charge in [0, 0.05) is 29.2 Å². The molecule has 6 nitrogen and oxygen atoms in total. The van der Waals surface area contributed by atoms with Gasteiger partial charge in [-0.3, -0.25) is 14.9 Å². The van der Waals surface area contributed by atoms with Gasteiger partial charge in [-0.1, -0.05) is 6.07 Å². The van der Waals surface area contributed by atoms with Crippen LogP contribution in [0.4, 0.5) is 11.4 Å².